The number of aromatic amines is 1. The normalized spacial score (nSPS) is 12.7. The molecule has 0 saturated carbocycles. The SMILES string of the molecule is CC(Sc1nc2ccccc2[nH]1)C(=O)c1ccc(Cl)s1. The molecule has 20 heavy (non-hydrogen) atoms. The summed E-state index contributed by atoms with van der Waals surface area (Å²) in [6.07, 6.45) is 0. The number of thioether (sulfide) groups is 1. The molecule has 3 rings (SSSR count). The number of H-pyrrole nitrogens is 1. The molecule has 1 N–H and O–H groups in total. The van der Waals surface area contributed by atoms with E-state index in [2.05, 4.69) is 9.97 Å². The molecule has 0 saturated heterocycles. The largest absolute Gasteiger partial charge is 0.333 e. The summed E-state index contributed by atoms with van der Waals surface area (Å²) in [5.74, 6) is 0.0763. The monoisotopic (exact) mass is 322 g/mol. The molecule has 1 atom stereocenters. The molecule has 0 aliphatic heterocycles. The molecule has 3 aromatic rings. The van der Waals surface area contributed by atoms with E-state index in [0.717, 1.165) is 16.2 Å². The van der Waals surface area contributed by atoms with E-state index < -0.39 is 0 Å². The van der Waals surface area contributed by atoms with E-state index in [0.29, 0.717) is 9.21 Å². The highest BCUT2D eigenvalue weighted by molar-refractivity contribution is 8.00. The first-order valence-corrected chi connectivity index (χ1v) is 8.12. The molecule has 0 aliphatic rings. The minimum absolute atomic E-state index is 0.0763. The van der Waals surface area contributed by atoms with Gasteiger partial charge in [-0.3, -0.25) is 4.79 Å². The highest BCUT2D eigenvalue weighted by Gasteiger charge is 2.19. The molecular weight excluding hydrogens is 312 g/mol. The summed E-state index contributed by atoms with van der Waals surface area (Å²) in [4.78, 5) is 20.6. The minimum Gasteiger partial charge on any atom is -0.333 e. The van der Waals surface area contributed by atoms with Crippen LogP contribution in [0.1, 0.15) is 16.6 Å². The van der Waals surface area contributed by atoms with Crippen molar-refractivity contribution in [3.05, 3.63) is 45.6 Å². The van der Waals surface area contributed by atoms with Crippen molar-refractivity contribution in [2.75, 3.05) is 0 Å². The summed E-state index contributed by atoms with van der Waals surface area (Å²) in [5, 5.41) is 0.556. The molecule has 3 nitrogen and oxygen atoms in total. The van der Waals surface area contributed by atoms with Gasteiger partial charge in [-0.1, -0.05) is 35.5 Å². The lowest BCUT2D eigenvalue weighted by molar-refractivity contribution is 0.0997. The van der Waals surface area contributed by atoms with Gasteiger partial charge in [-0.05, 0) is 31.2 Å². The fourth-order valence-corrected chi connectivity index (χ4v) is 3.89. The van der Waals surface area contributed by atoms with Crippen LogP contribution in [-0.2, 0) is 0 Å². The van der Waals surface area contributed by atoms with Crippen LogP contribution < -0.4 is 0 Å². The molecule has 0 aliphatic carbocycles. The second-order valence-electron chi connectivity index (χ2n) is 4.29. The van der Waals surface area contributed by atoms with Crippen LogP contribution in [0.5, 0.6) is 0 Å². The second-order valence-corrected chi connectivity index (χ2v) is 7.33. The number of rotatable bonds is 4. The first-order valence-electron chi connectivity index (χ1n) is 6.04. The maximum atomic E-state index is 12.3. The molecule has 6 heteroatoms. The van der Waals surface area contributed by atoms with E-state index in [-0.39, 0.29) is 11.0 Å². The van der Waals surface area contributed by atoms with Gasteiger partial charge in [0.15, 0.2) is 10.9 Å². The fraction of sp³-hybridized carbons (Fsp3) is 0.143. The standard InChI is InChI=1S/C14H11ClN2OS2/c1-8(13(18)11-6-7-12(15)20-11)19-14-16-9-4-2-3-5-10(9)17-14/h2-8H,1H3,(H,16,17). The Bertz CT molecular complexity index is 732. The summed E-state index contributed by atoms with van der Waals surface area (Å²) >= 11 is 8.60. The van der Waals surface area contributed by atoms with Gasteiger partial charge in [-0.2, -0.15) is 0 Å². The van der Waals surface area contributed by atoms with E-state index in [1.54, 1.807) is 12.1 Å². The van der Waals surface area contributed by atoms with Crippen molar-refractivity contribution < 1.29 is 4.79 Å². The van der Waals surface area contributed by atoms with Crippen molar-refractivity contribution in [2.24, 2.45) is 0 Å². The number of nitrogens with zero attached hydrogens (tertiary/aromatic N) is 1. The molecule has 0 fully saturated rings. The zero-order valence-corrected chi connectivity index (χ0v) is 13.0. The van der Waals surface area contributed by atoms with Crippen LogP contribution >= 0.6 is 34.7 Å². The summed E-state index contributed by atoms with van der Waals surface area (Å²) in [5.41, 5.74) is 1.89. The number of para-hydroxylation sites is 2. The Kier molecular flexibility index (Phi) is 3.83. The van der Waals surface area contributed by atoms with Gasteiger partial charge in [-0.25, -0.2) is 4.98 Å². The number of ketones is 1. The van der Waals surface area contributed by atoms with Gasteiger partial charge in [0.05, 0.1) is 25.5 Å². The number of thiophene rings is 1. The molecule has 1 unspecified atom stereocenters. The predicted molar refractivity (Wildman–Crippen MR) is 85.1 cm³/mol. The number of fused-ring (bicyclic) bond motifs is 1. The van der Waals surface area contributed by atoms with Gasteiger partial charge >= 0.3 is 0 Å². The molecule has 1 aromatic carbocycles. The summed E-state index contributed by atoms with van der Waals surface area (Å²) < 4.78 is 0.634. The topological polar surface area (TPSA) is 45.8 Å². The van der Waals surface area contributed by atoms with Gasteiger partial charge in [0.25, 0.3) is 0 Å². The first-order chi connectivity index (χ1) is 9.63. The van der Waals surface area contributed by atoms with Crippen LogP contribution in [0.25, 0.3) is 11.0 Å². The summed E-state index contributed by atoms with van der Waals surface area (Å²) in [6.45, 7) is 1.88. The lowest BCUT2D eigenvalue weighted by Crippen LogP contribution is -2.12. The van der Waals surface area contributed by atoms with Crippen molar-refractivity contribution in [2.45, 2.75) is 17.3 Å². The number of aromatic nitrogens is 2. The van der Waals surface area contributed by atoms with Crippen LogP contribution in [0.15, 0.2) is 41.6 Å². The Hall–Kier alpha value is -1.30. The third-order valence-corrected chi connectivity index (χ3v) is 5.07. The maximum Gasteiger partial charge on any atom is 0.185 e. The third-order valence-electron chi connectivity index (χ3n) is 2.84. The Morgan fingerprint density at radius 3 is 2.85 bits per heavy atom. The first kappa shape index (κ1) is 13.7. The quantitative estimate of drug-likeness (QED) is 0.562. The number of hydrogen-bond acceptors (Lipinski definition) is 4. The van der Waals surface area contributed by atoms with Crippen molar-refractivity contribution in [3.8, 4) is 0 Å². The zero-order valence-electron chi connectivity index (χ0n) is 10.6. The van der Waals surface area contributed by atoms with Crippen molar-refractivity contribution in [3.63, 3.8) is 0 Å². The van der Waals surface area contributed by atoms with Crippen molar-refractivity contribution >= 4 is 51.5 Å². The van der Waals surface area contributed by atoms with Crippen LogP contribution in [-0.4, -0.2) is 21.0 Å². The third kappa shape index (κ3) is 2.75. The molecule has 102 valence electrons. The van der Waals surface area contributed by atoms with E-state index in [1.165, 1.54) is 23.1 Å². The van der Waals surface area contributed by atoms with E-state index in [1.807, 2.05) is 31.2 Å². The minimum atomic E-state index is -0.203. The van der Waals surface area contributed by atoms with Crippen LogP contribution in [0.3, 0.4) is 0 Å². The smallest absolute Gasteiger partial charge is 0.185 e. The number of hydrogen-bond donors (Lipinski definition) is 1. The number of halogens is 1. The molecule has 2 aromatic heterocycles. The van der Waals surface area contributed by atoms with Gasteiger partial charge < -0.3 is 4.98 Å². The molecule has 0 radical (unpaired) electrons. The number of Topliss-reactive ketones (excluding diaryl/α,β-unsaturated/α-hetero) is 1. The lowest BCUT2D eigenvalue weighted by atomic mass is 10.2. The lowest BCUT2D eigenvalue weighted by Gasteiger charge is -2.05. The Morgan fingerprint density at radius 2 is 2.15 bits per heavy atom. The van der Waals surface area contributed by atoms with Gasteiger partial charge in [0.2, 0.25) is 0 Å². The van der Waals surface area contributed by atoms with Crippen molar-refractivity contribution in [1.29, 1.82) is 0 Å². The highest BCUT2D eigenvalue weighted by atomic mass is 35.5. The van der Waals surface area contributed by atoms with Crippen LogP contribution in [0, 0.1) is 0 Å². The highest BCUT2D eigenvalue weighted by Crippen LogP contribution is 2.29. The summed E-state index contributed by atoms with van der Waals surface area (Å²) in [7, 11) is 0. The number of nitrogens with one attached hydrogen (secondary N) is 1. The number of carbonyl (C=O) groups is 1. The van der Waals surface area contributed by atoms with Crippen LogP contribution in [0.4, 0.5) is 0 Å². The average molecular weight is 323 g/mol. The molecule has 0 spiro atoms. The molecule has 0 bridgehead atoms. The number of carbonyl (C=O) groups excluding carboxylic acids is 1. The second kappa shape index (κ2) is 5.60. The fourth-order valence-electron chi connectivity index (χ4n) is 1.85. The van der Waals surface area contributed by atoms with E-state index >= 15 is 0 Å². The predicted octanol–water partition coefficient (Wildman–Crippen LogP) is 4.64. The average Bonchev–Trinajstić information content (AvgIpc) is 3.03. The molecular formula is C14H11ClN2OS2. The molecule has 0 amide bonds. The van der Waals surface area contributed by atoms with Gasteiger partial charge in [-0.15, -0.1) is 11.3 Å². The van der Waals surface area contributed by atoms with E-state index in [4.69, 9.17) is 11.6 Å². The Balaban J connectivity index is 1.78. The molecule has 2 heterocycles. The van der Waals surface area contributed by atoms with Crippen LogP contribution in [0.2, 0.25) is 4.34 Å². The van der Waals surface area contributed by atoms with Gasteiger partial charge in [0.1, 0.15) is 0 Å². The van der Waals surface area contributed by atoms with Gasteiger partial charge in [0, 0.05) is 0 Å². The number of benzene rings is 1. The number of imidazole rings is 1. The summed E-state index contributed by atoms with van der Waals surface area (Å²) in [6, 6.07) is 11.3. The van der Waals surface area contributed by atoms with E-state index in [9.17, 15) is 4.79 Å². The van der Waals surface area contributed by atoms with Crippen molar-refractivity contribution in [1.82, 2.24) is 9.97 Å². The zero-order chi connectivity index (χ0) is 14.1. The Morgan fingerprint density at radius 1 is 1.35 bits per heavy atom. The Labute approximate surface area is 129 Å². The maximum absolute atomic E-state index is 12.3.